The second kappa shape index (κ2) is 7.87. The molecule has 1 heterocycles. The smallest absolute Gasteiger partial charge is 0.149 e. The van der Waals surface area contributed by atoms with E-state index in [9.17, 15) is 0 Å². The first-order valence-corrected chi connectivity index (χ1v) is 6.52. The number of hydrogen-bond donors (Lipinski definition) is 1. The molecule has 0 radical (unpaired) electrons. The quantitative estimate of drug-likeness (QED) is 0.768. The van der Waals surface area contributed by atoms with E-state index in [1.165, 1.54) is 0 Å². The molecule has 5 nitrogen and oxygen atoms in total. The molecule has 0 aliphatic rings. The van der Waals surface area contributed by atoms with Crippen LogP contribution in [0.1, 0.15) is 26.7 Å². The highest BCUT2D eigenvalue weighted by Gasteiger charge is 2.17. The van der Waals surface area contributed by atoms with Gasteiger partial charge in [0.05, 0.1) is 19.0 Å². The van der Waals surface area contributed by atoms with Crippen LogP contribution in [0.25, 0.3) is 0 Å². The van der Waals surface area contributed by atoms with Gasteiger partial charge in [0.15, 0.2) is 0 Å². The average Bonchev–Trinajstić information content (AvgIpc) is 2.43. The molecule has 0 aromatic carbocycles. The maximum atomic E-state index is 5.18. The highest BCUT2D eigenvalue weighted by molar-refractivity contribution is 5.44. The molecule has 0 saturated heterocycles. The molecular weight excluding hydrogens is 228 g/mol. The molecular formula is C13H24N4O. The summed E-state index contributed by atoms with van der Waals surface area (Å²) in [4.78, 5) is 11.1. The Labute approximate surface area is 110 Å². The van der Waals surface area contributed by atoms with E-state index in [1.807, 2.05) is 13.2 Å². The summed E-state index contributed by atoms with van der Waals surface area (Å²) in [6.45, 7) is 5.93. The van der Waals surface area contributed by atoms with E-state index in [0.29, 0.717) is 12.6 Å². The normalized spacial score (nSPS) is 10.7. The molecule has 0 amide bonds. The maximum Gasteiger partial charge on any atom is 0.149 e. The molecule has 1 aromatic rings. The first-order valence-electron chi connectivity index (χ1n) is 6.52. The van der Waals surface area contributed by atoms with Gasteiger partial charge < -0.3 is 15.0 Å². The van der Waals surface area contributed by atoms with Gasteiger partial charge in [-0.25, -0.2) is 4.98 Å². The van der Waals surface area contributed by atoms with Gasteiger partial charge in [-0.15, -0.1) is 0 Å². The number of anilines is 2. The molecule has 0 bridgehead atoms. The van der Waals surface area contributed by atoms with Crippen LogP contribution in [0.4, 0.5) is 11.6 Å². The molecule has 0 unspecified atom stereocenters. The second-order valence-electron chi connectivity index (χ2n) is 4.17. The minimum Gasteiger partial charge on any atom is -0.383 e. The lowest BCUT2D eigenvalue weighted by Gasteiger charge is -2.31. The molecule has 0 spiro atoms. The highest BCUT2D eigenvalue weighted by Crippen LogP contribution is 2.18. The molecule has 18 heavy (non-hydrogen) atoms. The lowest BCUT2D eigenvalue weighted by molar-refractivity contribution is 0.202. The lowest BCUT2D eigenvalue weighted by Crippen LogP contribution is -2.37. The largest absolute Gasteiger partial charge is 0.383 e. The molecule has 0 aliphatic carbocycles. The van der Waals surface area contributed by atoms with Crippen LogP contribution in [-0.4, -0.2) is 43.3 Å². The Balaban J connectivity index is 2.92. The summed E-state index contributed by atoms with van der Waals surface area (Å²) in [6.07, 6.45) is 5.72. The van der Waals surface area contributed by atoms with Crippen LogP contribution in [0.5, 0.6) is 0 Å². The van der Waals surface area contributed by atoms with Crippen molar-refractivity contribution >= 4 is 11.6 Å². The van der Waals surface area contributed by atoms with E-state index in [1.54, 1.807) is 13.3 Å². The van der Waals surface area contributed by atoms with Gasteiger partial charge >= 0.3 is 0 Å². The summed E-state index contributed by atoms with van der Waals surface area (Å²) < 4.78 is 5.18. The molecule has 0 fully saturated rings. The number of aromatic nitrogens is 2. The number of rotatable bonds is 8. The van der Waals surface area contributed by atoms with Crippen molar-refractivity contribution in [3.05, 3.63) is 12.4 Å². The van der Waals surface area contributed by atoms with Gasteiger partial charge in [-0.1, -0.05) is 13.8 Å². The highest BCUT2D eigenvalue weighted by atomic mass is 16.5. The van der Waals surface area contributed by atoms with Crippen molar-refractivity contribution in [3.63, 3.8) is 0 Å². The third-order valence-electron chi connectivity index (χ3n) is 3.09. The predicted octanol–water partition coefficient (Wildman–Crippen LogP) is 2.16. The first-order chi connectivity index (χ1) is 8.76. The molecule has 5 heteroatoms. The second-order valence-corrected chi connectivity index (χ2v) is 4.17. The zero-order valence-electron chi connectivity index (χ0n) is 11.8. The number of ether oxygens (including phenoxy) is 1. The Morgan fingerprint density at radius 2 is 2.06 bits per heavy atom. The van der Waals surface area contributed by atoms with Crippen LogP contribution in [-0.2, 0) is 4.74 Å². The van der Waals surface area contributed by atoms with Crippen molar-refractivity contribution in [2.24, 2.45) is 0 Å². The number of hydrogen-bond acceptors (Lipinski definition) is 5. The van der Waals surface area contributed by atoms with Gasteiger partial charge in [-0.3, -0.25) is 4.98 Å². The molecule has 1 N–H and O–H groups in total. The standard InChI is InChI=1S/C13H24N4O/c1-5-11(6-2)17(7-8-18-4)13-10-15-9-12(14-3)16-13/h9-11H,5-8H2,1-4H3,(H,14,16). The topological polar surface area (TPSA) is 50.3 Å². The molecule has 102 valence electrons. The predicted molar refractivity (Wildman–Crippen MR) is 75.2 cm³/mol. The Bertz CT molecular complexity index is 342. The third kappa shape index (κ3) is 3.84. The zero-order valence-corrected chi connectivity index (χ0v) is 11.8. The van der Waals surface area contributed by atoms with E-state index < -0.39 is 0 Å². The Morgan fingerprint density at radius 3 is 2.61 bits per heavy atom. The fourth-order valence-corrected chi connectivity index (χ4v) is 2.02. The average molecular weight is 252 g/mol. The van der Waals surface area contributed by atoms with Crippen molar-refractivity contribution in [2.45, 2.75) is 32.7 Å². The van der Waals surface area contributed by atoms with Gasteiger partial charge in [0, 0.05) is 26.7 Å². The van der Waals surface area contributed by atoms with Crippen molar-refractivity contribution in [2.75, 3.05) is 37.5 Å². The first kappa shape index (κ1) is 14.7. The Morgan fingerprint density at radius 1 is 1.33 bits per heavy atom. The van der Waals surface area contributed by atoms with Crippen LogP contribution in [0, 0.1) is 0 Å². The fraction of sp³-hybridized carbons (Fsp3) is 0.692. The number of nitrogens with one attached hydrogen (secondary N) is 1. The summed E-state index contributed by atoms with van der Waals surface area (Å²) in [6, 6.07) is 0.474. The van der Waals surface area contributed by atoms with Gasteiger partial charge in [-0.05, 0) is 12.8 Å². The van der Waals surface area contributed by atoms with Crippen LogP contribution < -0.4 is 10.2 Å². The van der Waals surface area contributed by atoms with E-state index in [2.05, 4.69) is 34.0 Å². The third-order valence-corrected chi connectivity index (χ3v) is 3.09. The maximum absolute atomic E-state index is 5.18. The van der Waals surface area contributed by atoms with Gasteiger partial charge in [0.25, 0.3) is 0 Å². The monoisotopic (exact) mass is 252 g/mol. The molecule has 0 atom stereocenters. The van der Waals surface area contributed by atoms with Crippen molar-refractivity contribution in [1.29, 1.82) is 0 Å². The SMILES string of the molecule is CCC(CC)N(CCOC)c1cncc(NC)n1. The van der Waals surface area contributed by atoms with Gasteiger partial charge in [0.2, 0.25) is 0 Å². The summed E-state index contributed by atoms with van der Waals surface area (Å²) in [5, 5.41) is 3.02. The summed E-state index contributed by atoms with van der Waals surface area (Å²) in [7, 11) is 3.57. The van der Waals surface area contributed by atoms with E-state index >= 15 is 0 Å². The number of methoxy groups -OCH3 is 1. The molecule has 1 rings (SSSR count). The molecule has 1 aromatic heterocycles. The van der Waals surface area contributed by atoms with Gasteiger partial charge in [0.1, 0.15) is 11.6 Å². The van der Waals surface area contributed by atoms with Crippen LogP contribution in [0.2, 0.25) is 0 Å². The molecule has 0 aliphatic heterocycles. The zero-order chi connectivity index (χ0) is 13.4. The van der Waals surface area contributed by atoms with Crippen molar-refractivity contribution in [1.82, 2.24) is 9.97 Å². The van der Waals surface area contributed by atoms with Crippen molar-refractivity contribution in [3.8, 4) is 0 Å². The van der Waals surface area contributed by atoms with Gasteiger partial charge in [-0.2, -0.15) is 0 Å². The Hall–Kier alpha value is -1.36. The van der Waals surface area contributed by atoms with E-state index in [-0.39, 0.29) is 0 Å². The van der Waals surface area contributed by atoms with Crippen LogP contribution in [0.15, 0.2) is 12.4 Å². The van der Waals surface area contributed by atoms with Crippen LogP contribution in [0.3, 0.4) is 0 Å². The lowest BCUT2D eigenvalue weighted by atomic mass is 10.1. The molecule has 0 saturated carbocycles. The summed E-state index contributed by atoms with van der Waals surface area (Å²) >= 11 is 0. The van der Waals surface area contributed by atoms with E-state index in [0.717, 1.165) is 31.0 Å². The number of nitrogens with zero attached hydrogens (tertiary/aromatic N) is 3. The summed E-state index contributed by atoms with van der Waals surface area (Å²) in [5.74, 6) is 1.70. The van der Waals surface area contributed by atoms with Crippen LogP contribution >= 0.6 is 0 Å². The summed E-state index contributed by atoms with van der Waals surface area (Å²) in [5.41, 5.74) is 0. The Kier molecular flexibility index (Phi) is 6.43. The fourth-order valence-electron chi connectivity index (χ4n) is 2.02. The van der Waals surface area contributed by atoms with Crippen molar-refractivity contribution < 1.29 is 4.74 Å². The minimum atomic E-state index is 0.474. The van der Waals surface area contributed by atoms with E-state index in [4.69, 9.17) is 4.74 Å². The minimum absolute atomic E-state index is 0.474.